The number of hydrogen-bond acceptors (Lipinski definition) is 3. The highest BCUT2D eigenvalue weighted by Gasteiger charge is 2.29. The van der Waals surface area contributed by atoms with Crippen LogP contribution >= 0.6 is 0 Å². The minimum absolute atomic E-state index is 0.0933. The van der Waals surface area contributed by atoms with Crippen LogP contribution in [0.3, 0.4) is 0 Å². The maximum Gasteiger partial charge on any atom is 0.305 e. The zero-order valence-electron chi connectivity index (χ0n) is 9.19. The zero-order chi connectivity index (χ0) is 11.4. The van der Waals surface area contributed by atoms with Gasteiger partial charge in [0, 0.05) is 19.6 Å². The zero-order valence-corrected chi connectivity index (χ0v) is 9.19. The fourth-order valence-corrected chi connectivity index (χ4v) is 1.80. The van der Waals surface area contributed by atoms with E-state index in [0.717, 1.165) is 0 Å². The summed E-state index contributed by atoms with van der Waals surface area (Å²) in [4.78, 5) is 24.2. The summed E-state index contributed by atoms with van der Waals surface area (Å²) in [6, 6.07) is -0.563. The van der Waals surface area contributed by atoms with Gasteiger partial charge in [-0.15, -0.1) is 0 Å². The number of nitrogens with one attached hydrogen (secondary N) is 1. The molecule has 1 saturated heterocycles. The van der Waals surface area contributed by atoms with Gasteiger partial charge >= 0.3 is 5.97 Å². The van der Waals surface area contributed by atoms with Crippen LogP contribution in [0.1, 0.15) is 20.3 Å². The van der Waals surface area contributed by atoms with Gasteiger partial charge in [-0.3, -0.25) is 9.59 Å². The Kier molecular flexibility index (Phi) is 4.08. The molecule has 86 valence electrons. The van der Waals surface area contributed by atoms with E-state index in [1.54, 1.807) is 4.90 Å². The van der Waals surface area contributed by atoms with Gasteiger partial charge in [-0.1, -0.05) is 6.92 Å². The van der Waals surface area contributed by atoms with Crippen molar-refractivity contribution >= 4 is 11.9 Å². The molecule has 0 aromatic heterocycles. The summed E-state index contributed by atoms with van der Waals surface area (Å²) in [6.07, 6.45) is -0.137. The molecule has 0 aromatic rings. The molecule has 1 heterocycles. The van der Waals surface area contributed by atoms with E-state index in [4.69, 9.17) is 5.11 Å². The van der Waals surface area contributed by atoms with Crippen molar-refractivity contribution in [2.75, 3.05) is 19.6 Å². The number of rotatable bonds is 3. The highest BCUT2D eigenvalue weighted by Crippen LogP contribution is 2.09. The lowest BCUT2D eigenvalue weighted by Gasteiger charge is -2.22. The van der Waals surface area contributed by atoms with E-state index in [0.29, 0.717) is 25.6 Å². The second kappa shape index (κ2) is 5.11. The SMILES string of the molecule is CCN1CC(C)CNC(CC(=O)O)C1=O. The van der Waals surface area contributed by atoms with Crippen molar-refractivity contribution in [1.29, 1.82) is 0 Å². The fraction of sp³-hybridized carbons (Fsp3) is 0.800. The molecule has 0 bridgehead atoms. The lowest BCUT2D eigenvalue weighted by Crippen LogP contribution is -2.44. The summed E-state index contributed by atoms with van der Waals surface area (Å²) in [5, 5.41) is 11.7. The van der Waals surface area contributed by atoms with Gasteiger partial charge in [0.1, 0.15) is 0 Å². The summed E-state index contributed by atoms with van der Waals surface area (Å²) in [7, 11) is 0. The molecular formula is C10H18N2O3. The Morgan fingerprint density at radius 2 is 2.33 bits per heavy atom. The van der Waals surface area contributed by atoms with Crippen LogP contribution in [0, 0.1) is 5.92 Å². The average molecular weight is 214 g/mol. The lowest BCUT2D eigenvalue weighted by atomic mass is 10.2. The van der Waals surface area contributed by atoms with Crippen molar-refractivity contribution in [3.8, 4) is 0 Å². The Morgan fingerprint density at radius 1 is 1.67 bits per heavy atom. The molecule has 0 radical (unpaired) electrons. The normalized spacial score (nSPS) is 27.6. The van der Waals surface area contributed by atoms with Crippen molar-refractivity contribution < 1.29 is 14.7 Å². The number of aliphatic carboxylic acids is 1. The first kappa shape index (κ1) is 12.0. The highest BCUT2D eigenvalue weighted by atomic mass is 16.4. The molecule has 1 amide bonds. The summed E-state index contributed by atoms with van der Waals surface area (Å²) in [5.41, 5.74) is 0. The Bertz CT molecular complexity index is 255. The van der Waals surface area contributed by atoms with Crippen LogP contribution in [-0.4, -0.2) is 47.6 Å². The first-order valence-electron chi connectivity index (χ1n) is 5.28. The van der Waals surface area contributed by atoms with Gasteiger partial charge in [0.2, 0.25) is 5.91 Å². The highest BCUT2D eigenvalue weighted by molar-refractivity contribution is 5.86. The Hall–Kier alpha value is -1.10. The Morgan fingerprint density at radius 3 is 2.87 bits per heavy atom. The maximum absolute atomic E-state index is 11.9. The van der Waals surface area contributed by atoms with Crippen LogP contribution in [0.25, 0.3) is 0 Å². The lowest BCUT2D eigenvalue weighted by molar-refractivity contribution is -0.142. The van der Waals surface area contributed by atoms with Crippen LogP contribution in [0.5, 0.6) is 0 Å². The van der Waals surface area contributed by atoms with Gasteiger partial charge in [-0.25, -0.2) is 0 Å². The quantitative estimate of drug-likeness (QED) is 0.689. The Balaban J connectivity index is 2.70. The van der Waals surface area contributed by atoms with E-state index in [1.807, 2.05) is 13.8 Å². The molecule has 2 N–H and O–H groups in total. The van der Waals surface area contributed by atoms with Crippen molar-refractivity contribution in [2.24, 2.45) is 5.92 Å². The topological polar surface area (TPSA) is 69.6 Å². The third-order valence-electron chi connectivity index (χ3n) is 2.62. The number of carboxylic acids is 1. The van der Waals surface area contributed by atoms with Crippen molar-refractivity contribution in [1.82, 2.24) is 10.2 Å². The molecular weight excluding hydrogens is 196 g/mol. The second-order valence-corrected chi connectivity index (χ2v) is 4.04. The molecule has 15 heavy (non-hydrogen) atoms. The van der Waals surface area contributed by atoms with Crippen molar-refractivity contribution in [3.63, 3.8) is 0 Å². The van der Waals surface area contributed by atoms with Gasteiger partial charge in [-0.2, -0.15) is 0 Å². The molecule has 0 saturated carbocycles. The number of carboxylic acid groups (broad SMARTS) is 1. The summed E-state index contributed by atoms with van der Waals surface area (Å²) < 4.78 is 0. The summed E-state index contributed by atoms with van der Waals surface area (Å²) >= 11 is 0. The minimum Gasteiger partial charge on any atom is -0.481 e. The molecule has 1 fully saturated rings. The van der Waals surface area contributed by atoms with E-state index in [2.05, 4.69) is 5.32 Å². The number of hydrogen-bond donors (Lipinski definition) is 2. The molecule has 0 aromatic carbocycles. The van der Waals surface area contributed by atoms with Gasteiger partial charge in [0.05, 0.1) is 12.5 Å². The number of likely N-dealkylation sites (N-methyl/N-ethyl adjacent to an activating group) is 1. The predicted octanol–water partition coefficient (Wildman–Crippen LogP) is -0.0825. The van der Waals surface area contributed by atoms with Gasteiger partial charge in [0.25, 0.3) is 0 Å². The maximum atomic E-state index is 11.9. The van der Waals surface area contributed by atoms with Crippen molar-refractivity contribution in [3.05, 3.63) is 0 Å². The monoisotopic (exact) mass is 214 g/mol. The van der Waals surface area contributed by atoms with E-state index in [-0.39, 0.29) is 12.3 Å². The number of carbonyl (C=O) groups is 2. The molecule has 2 atom stereocenters. The van der Waals surface area contributed by atoms with Crippen LogP contribution < -0.4 is 5.32 Å². The summed E-state index contributed by atoms with van der Waals surface area (Å²) in [6.45, 7) is 6.00. The van der Waals surface area contributed by atoms with Crippen LogP contribution in [0.15, 0.2) is 0 Å². The van der Waals surface area contributed by atoms with E-state index < -0.39 is 12.0 Å². The average Bonchev–Trinajstić information content (AvgIpc) is 2.30. The van der Waals surface area contributed by atoms with E-state index in [9.17, 15) is 9.59 Å². The van der Waals surface area contributed by atoms with Crippen LogP contribution in [-0.2, 0) is 9.59 Å². The molecule has 2 unspecified atom stereocenters. The summed E-state index contributed by atoms with van der Waals surface area (Å²) in [5.74, 6) is -0.664. The minimum atomic E-state index is -0.938. The molecule has 5 nitrogen and oxygen atoms in total. The first-order valence-corrected chi connectivity index (χ1v) is 5.28. The van der Waals surface area contributed by atoms with Crippen LogP contribution in [0.2, 0.25) is 0 Å². The molecule has 1 rings (SSSR count). The van der Waals surface area contributed by atoms with E-state index >= 15 is 0 Å². The standard InChI is InChI=1S/C10H18N2O3/c1-3-12-6-7(2)5-11-8(10(12)15)4-9(13)14/h7-8,11H,3-6H2,1-2H3,(H,13,14). The van der Waals surface area contributed by atoms with Gasteiger partial charge in [-0.05, 0) is 12.8 Å². The molecule has 0 aliphatic carbocycles. The molecule has 1 aliphatic heterocycles. The Labute approximate surface area is 89.4 Å². The number of nitrogens with zero attached hydrogens (tertiary/aromatic N) is 1. The second-order valence-electron chi connectivity index (χ2n) is 4.04. The number of carbonyl (C=O) groups excluding carboxylic acids is 1. The molecule has 1 aliphatic rings. The largest absolute Gasteiger partial charge is 0.481 e. The third-order valence-corrected chi connectivity index (χ3v) is 2.62. The molecule has 5 heteroatoms. The van der Waals surface area contributed by atoms with Crippen molar-refractivity contribution in [2.45, 2.75) is 26.3 Å². The smallest absolute Gasteiger partial charge is 0.305 e. The first-order chi connectivity index (χ1) is 7.04. The van der Waals surface area contributed by atoms with E-state index in [1.165, 1.54) is 0 Å². The molecule has 0 spiro atoms. The van der Waals surface area contributed by atoms with Gasteiger partial charge in [0.15, 0.2) is 0 Å². The third kappa shape index (κ3) is 3.20. The fourth-order valence-electron chi connectivity index (χ4n) is 1.80. The van der Waals surface area contributed by atoms with Crippen LogP contribution in [0.4, 0.5) is 0 Å². The predicted molar refractivity (Wildman–Crippen MR) is 55.5 cm³/mol. The number of amides is 1. The van der Waals surface area contributed by atoms with Gasteiger partial charge < -0.3 is 15.3 Å².